The molecule has 0 radical (unpaired) electrons. The average molecular weight is 371 g/mol. The molecule has 1 N–H and O–H groups in total. The van der Waals surface area contributed by atoms with E-state index in [1.807, 2.05) is 13.0 Å². The number of hydrogen-bond donors (Lipinski definition) is 1. The lowest BCUT2D eigenvalue weighted by Gasteiger charge is -2.49. The molecule has 0 aromatic heterocycles. The molecule has 1 spiro atoms. The van der Waals surface area contributed by atoms with E-state index < -0.39 is 6.36 Å². The van der Waals surface area contributed by atoms with Crippen molar-refractivity contribution in [3.63, 3.8) is 0 Å². The molecule has 1 aromatic rings. The highest BCUT2D eigenvalue weighted by atomic mass is 19.4. The van der Waals surface area contributed by atoms with Crippen molar-refractivity contribution in [2.75, 3.05) is 19.7 Å². The van der Waals surface area contributed by atoms with Crippen molar-refractivity contribution in [2.24, 2.45) is 11.3 Å². The summed E-state index contributed by atoms with van der Waals surface area (Å²) in [5, 5.41) is 9.28. The Hall–Kier alpha value is -1.76. The summed E-state index contributed by atoms with van der Waals surface area (Å²) in [5.74, 6) is -0.329. The molecular formula is C19H24F3NO3. The SMILES string of the molecule is CC[C@H](CO)C(=O)N1CC2(CC[C@H](c3cccc(OC(F)(F)F)c3)C2)C1. The van der Waals surface area contributed by atoms with Crippen LogP contribution in [0.1, 0.15) is 44.1 Å². The van der Waals surface area contributed by atoms with Crippen LogP contribution in [0.15, 0.2) is 24.3 Å². The number of carbonyl (C=O) groups excluding carboxylic acids is 1. The van der Waals surface area contributed by atoms with Crippen molar-refractivity contribution in [3.8, 4) is 5.75 Å². The van der Waals surface area contributed by atoms with E-state index in [4.69, 9.17) is 0 Å². The van der Waals surface area contributed by atoms with E-state index >= 15 is 0 Å². The summed E-state index contributed by atoms with van der Waals surface area (Å²) in [6.07, 6.45) is -1.35. The van der Waals surface area contributed by atoms with Gasteiger partial charge in [0.05, 0.1) is 12.5 Å². The van der Waals surface area contributed by atoms with Crippen molar-refractivity contribution < 1.29 is 27.8 Å². The average Bonchev–Trinajstić information content (AvgIpc) is 2.99. The summed E-state index contributed by atoms with van der Waals surface area (Å²) >= 11 is 0. The standard InChI is InChI=1S/C19H24F3NO3/c1-2-13(10-24)17(25)23-11-18(12-23)7-6-15(9-18)14-4-3-5-16(8-14)26-19(20,21)22/h3-5,8,13,15,24H,2,6-7,9-12H2,1H3/t13-,15+/m1/s1. The van der Waals surface area contributed by atoms with Crippen LogP contribution in [0.25, 0.3) is 0 Å². The second-order valence-electron chi connectivity index (χ2n) is 7.54. The van der Waals surface area contributed by atoms with Gasteiger partial charge in [-0.2, -0.15) is 0 Å². The molecule has 1 aliphatic carbocycles. The molecular weight excluding hydrogens is 347 g/mol. The van der Waals surface area contributed by atoms with Gasteiger partial charge < -0.3 is 14.7 Å². The lowest BCUT2D eigenvalue weighted by Crippen LogP contribution is -2.58. The van der Waals surface area contributed by atoms with Crippen molar-refractivity contribution >= 4 is 5.91 Å². The zero-order valence-corrected chi connectivity index (χ0v) is 14.8. The molecule has 1 aliphatic heterocycles. The highest BCUT2D eigenvalue weighted by Gasteiger charge is 2.50. The summed E-state index contributed by atoms with van der Waals surface area (Å²) in [6.45, 7) is 3.11. The molecule has 1 heterocycles. The highest BCUT2D eigenvalue weighted by molar-refractivity contribution is 5.80. The number of ether oxygens (including phenoxy) is 1. The van der Waals surface area contributed by atoms with Gasteiger partial charge in [-0.3, -0.25) is 4.79 Å². The van der Waals surface area contributed by atoms with Crippen molar-refractivity contribution in [2.45, 2.75) is 44.9 Å². The number of aliphatic hydroxyl groups excluding tert-OH is 1. The number of benzene rings is 1. The van der Waals surface area contributed by atoms with E-state index in [0.29, 0.717) is 19.5 Å². The second kappa shape index (κ2) is 7.10. The number of amides is 1. The Morgan fingerprint density at radius 2 is 2.15 bits per heavy atom. The summed E-state index contributed by atoms with van der Waals surface area (Å²) in [6, 6.07) is 6.21. The van der Waals surface area contributed by atoms with E-state index in [2.05, 4.69) is 4.74 Å². The number of alkyl halides is 3. The van der Waals surface area contributed by atoms with Crippen molar-refractivity contribution in [3.05, 3.63) is 29.8 Å². The summed E-state index contributed by atoms with van der Waals surface area (Å²) in [7, 11) is 0. The number of carbonyl (C=O) groups is 1. The van der Waals surface area contributed by atoms with Crippen LogP contribution >= 0.6 is 0 Å². The quantitative estimate of drug-likeness (QED) is 0.859. The fourth-order valence-corrected chi connectivity index (χ4v) is 4.30. The Bertz CT molecular complexity index is 652. The Kier molecular flexibility index (Phi) is 5.19. The summed E-state index contributed by atoms with van der Waals surface area (Å²) in [5.41, 5.74) is 0.921. The molecule has 1 aromatic carbocycles. The molecule has 7 heteroatoms. The van der Waals surface area contributed by atoms with Crippen LogP contribution in [-0.2, 0) is 4.79 Å². The minimum absolute atomic E-state index is 0.00431. The lowest BCUT2D eigenvalue weighted by atomic mass is 9.76. The molecule has 3 rings (SSSR count). The van der Waals surface area contributed by atoms with Crippen LogP contribution in [0.3, 0.4) is 0 Å². The number of likely N-dealkylation sites (tertiary alicyclic amines) is 1. The van der Waals surface area contributed by atoms with Crippen molar-refractivity contribution in [1.82, 2.24) is 4.90 Å². The fraction of sp³-hybridized carbons (Fsp3) is 0.632. The summed E-state index contributed by atoms with van der Waals surface area (Å²) in [4.78, 5) is 14.1. The molecule has 1 saturated carbocycles. The van der Waals surface area contributed by atoms with Gasteiger partial charge in [0.1, 0.15) is 5.75 Å². The normalized spacial score (nSPS) is 23.0. The first-order valence-corrected chi connectivity index (χ1v) is 9.00. The highest BCUT2D eigenvalue weighted by Crippen LogP contribution is 2.52. The monoisotopic (exact) mass is 371 g/mol. The zero-order chi connectivity index (χ0) is 18.9. The molecule has 1 saturated heterocycles. The lowest BCUT2D eigenvalue weighted by molar-refractivity contribution is -0.274. The van der Waals surface area contributed by atoms with Gasteiger partial charge >= 0.3 is 6.36 Å². The maximum atomic E-state index is 12.4. The molecule has 2 aliphatic rings. The number of aliphatic hydroxyl groups is 1. The zero-order valence-electron chi connectivity index (χ0n) is 14.8. The molecule has 26 heavy (non-hydrogen) atoms. The Morgan fingerprint density at radius 1 is 1.42 bits per heavy atom. The molecule has 4 nitrogen and oxygen atoms in total. The maximum Gasteiger partial charge on any atom is 0.573 e. The Balaban J connectivity index is 1.60. The van der Waals surface area contributed by atoms with Crippen LogP contribution in [0.4, 0.5) is 13.2 Å². The van der Waals surface area contributed by atoms with Gasteiger partial charge in [0.25, 0.3) is 0 Å². The number of rotatable bonds is 5. The van der Waals surface area contributed by atoms with Crippen LogP contribution in [0.2, 0.25) is 0 Å². The van der Waals surface area contributed by atoms with Gasteiger partial charge in [0, 0.05) is 18.5 Å². The van der Waals surface area contributed by atoms with E-state index in [1.54, 1.807) is 11.0 Å². The summed E-state index contributed by atoms with van der Waals surface area (Å²) < 4.78 is 41.2. The minimum Gasteiger partial charge on any atom is -0.406 e. The predicted octanol–water partition coefficient (Wildman–Crippen LogP) is 3.70. The smallest absolute Gasteiger partial charge is 0.406 e. The first-order valence-electron chi connectivity index (χ1n) is 9.00. The number of hydrogen-bond acceptors (Lipinski definition) is 3. The third-order valence-electron chi connectivity index (χ3n) is 5.69. The third-order valence-corrected chi connectivity index (χ3v) is 5.69. The molecule has 0 bridgehead atoms. The largest absolute Gasteiger partial charge is 0.573 e. The van der Waals surface area contributed by atoms with Gasteiger partial charge in [-0.15, -0.1) is 13.2 Å². The van der Waals surface area contributed by atoms with Gasteiger partial charge in [0.2, 0.25) is 5.91 Å². The van der Waals surface area contributed by atoms with Crippen LogP contribution in [0, 0.1) is 11.3 Å². The van der Waals surface area contributed by atoms with Gasteiger partial charge in [-0.1, -0.05) is 19.1 Å². The fourth-order valence-electron chi connectivity index (χ4n) is 4.30. The first kappa shape index (κ1) is 19.0. The van der Waals surface area contributed by atoms with Crippen LogP contribution in [-0.4, -0.2) is 42.0 Å². The molecule has 2 atom stereocenters. The molecule has 2 fully saturated rings. The van der Waals surface area contributed by atoms with Crippen molar-refractivity contribution in [1.29, 1.82) is 0 Å². The Morgan fingerprint density at radius 3 is 2.77 bits per heavy atom. The first-order chi connectivity index (χ1) is 12.3. The number of halogens is 3. The van der Waals surface area contributed by atoms with E-state index in [-0.39, 0.29) is 35.5 Å². The van der Waals surface area contributed by atoms with Gasteiger partial charge in [-0.05, 0) is 49.3 Å². The van der Waals surface area contributed by atoms with Gasteiger partial charge in [0.15, 0.2) is 0 Å². The van der Waals surface area contributed by atoms with Crippen LogP contribution < -0.4 is 4.74 Å². The molecule has 1 amide bonds. The topological polar surface area (TPSA) is 49.8 Å². The number of nitrogens with zero attached hydrogens (tertiary/aromatic N) is 1. The maximum absolute atomic E-state index is 12.4. The van der Waals surface area contributed by atoms with Gasteiger partial charge in [-0.25, -0.2) is 0 Å². The van der Waals surface area contributed by atoms with Crippen LogP contribution in [0.5, 0.6) is 5.75 Å². The molecule has 144 valence electrons. The minimum atomic E-state index is -4.69. The van der Waals surface area contributed by atoms with E-state index in [9.17, 15) is 23.1 Å². The molecule has 0 unspecified atom stereocenters. The second-order valence-corrected chi connectivity index (χ2v) is 7.54. The Labute approximate surface area is 150 Å². The predicted molar refractivity (Wildman–Crippen MR) is 89.6 cm³/mol. The van der Waals surface area contributed by atoms with E-state index in [1.165, 1.54) is 12.1 Å². The van der Waals surface area contributed by atoms with E-state index in [0.717, 1.165) is 24.8 Å². The third kappa shape index (κ3) is 3.98.